The van der Waals surface area contributed by atoms with Gasteiger partial charge in [0.15, 0.2) is 6.23 Å². The van der Waals surface area contributed by atoms with Crippen molar-refractivity contribution in [3.63, 3.8) is 0 Å². The number of nitrogens with two attached hydrogens (primary N) is 1. The van der Waals surface area contributed by atoms with Crippen molar-refractivity contribution in [1.29, 1.82) is 0 Å². The van der Waals surface area contributed by atoms with Gasteiger partial charge in [0.2, 0.25) is 0 Å². The first-order chi connectivity index (χ1) is 10.5. The van der Waals surface area contributed by atoms with E-state index in [0.29, 0.717) is 0 Å². The molecule has 5 N–H and O–H groups in total. The normalized spacial score (nSPS) is 27.6. The third kappa shape index (κ3) is 4.85. The van der Waals surface area contributed by atoms with E-state index in [2.05, 4.69) is 7.70 Å². The summed E-state index contributed by atoms with van der Waals surface area (Å²) in [5, 5.41) is 28.2. The van der Waals surface area contributed by atoms with Crippen LogP contribution in [0.1, 0.15) is 6.23 Å². The molecule has 0 unspecified atom stereocenters. The number of nitrogen functional groups attached to an aromatic ring is 1. The minimum atomic E-state index is -1.31. The van der Waals surface area contributed by atoms with Crippen molar-refractivity contribution in [3.05, 3.63) is 22.7 Å². The molecular weight excluding hydrogens is 428 g/mol. The Bertz CT molecular complexity index is 564. The van der Waals surface area contributed by atoms with E-state index < -0.39 is 68.9 Å². The van der Waals surface area contributed by atoms with Crippen LogP contribution in [0.25, 0.3) is 0 Å². The number of nitrogens with zero attached hydrogens (tertiary/aromatic N) is 2. The van der Waals surface area contributed by atoms with Crippen LogP contribution in [0.15, 0.2) is 17.1 Å². The van der Waals surface area contributed by atoms with Crippen LogP contribution in [0.4, 0.5) is 5.82 Å². The molecule has 0 saturated carbocycles. The fourth-order valence-electron chi connectivity index (χ4n) is 1.74. The van der Waals surface area contributed by atoms with Crippen LogP contribution in [0, 0.1) is 0 Å². The monoisotopic (exact) mass is 441 g/mol. The summed E-state index contributed by atoms with van der Waals surface area (Å²) in [5.41, 5.74) is 4.63. The summed E-state index contributed by atoms with van der Waals surface area (Å²) in [7, 11) is 0. The summed E-state index contributed by atoms with van der Waals surface area (Å²) in [6.07, 6.45) is -3.27. The molecule has 122 valence electrons. The molecule has 11 nitrogen and oxygen atoms in total. The van der Waals surface area contributed by atoms with Gasteiger partial charge in [0.05, 0.1) is 6.61 Å². The van der Waals surface area contributed by atoms with Crippen LogP contribution in [-0.2, 0) is 14.9 Å². The molecule has 1 aliphatic rings. The van der Waals surface area contributed by atoms with Crippen molar-refractivity contribution >= 4 is 37.9 Å². The van der Waals surface area contributed by atoms with E-state index >= 15 is 0 Å². The van der Waals surface area contributed by atoms with E-state index in [9.17, 15) is 22.5 Å². The van der Waals surface area contributed by atoms with Crippen molar-refractivity contribution < 1.29 is 30.3 Å². The molecular formula is C9H13As2N3O8. The molecule has 1 saturated heterocycles. The summed E-state index contributed by atoms with van der Waals surface area (Å²) in [5.74, 6) is 0.0537. The summed E-state index contributed by atoms with van der Waals surface area (Å²) < 4.78 is 28.5. The molecule has 13 heteroatoms. The summed E-state index contributed by atoms with van der Waals surface area (Å²) >= 11 is -2.61. The molecule has 1 aromatic heterocycles. The van der Waals surface area contributed by atoms with Crippen LogP contribution in [0.2, 0.25) is 0 Å². The predicted molar refractivity (Wildman–Crippen MR) is 69.9 cm³/mol. The SMILES string of the molecule is Nc1ccn([C@@H]2O[C@H](CO)[C@@H](O)[C@@H]2O)c(=O)n1.O=[As]O[As]=O. The van der Waals surface area contributed by atoms with Crippen LogP contribution >= 0.6 is 0 Å². The summed E-state index contributed by atoms with van der Waals surface area (Å²) in [6.45, 7) is -0.453. The maximum atomic E-state index is 11.5. The Morgan fingerprint density at radius 2 is 2.00 bits per heavy atom. The molecule has 0 aromatic carbocycles. The number of aliphatic hydroxyl groups excluding tert-OH is 3. The molecule has 22 heavy (non-hydrogen) atoms. The molecule has 1 aromatic rings. The first-order valence-corrected chi connectivity index (χ1v) is 8.81. The number of rotatable bonds is 4. The van der Waals surface area contributed by atoms with Gasteiger partial charge in [-0.25, -0.2) is 4.79 Å². The van der Waals surface area contributed by atoms with Gasteiger partial charge < -0.3 is 25.8 Å². The minimum absolute atomic E-state index is 0.0537. The summed E-state index contributed by atoms with van der Waals surface area (Å²) in [6, 6.07) is 1.37. The van der Waals surface area contributed by atoms with Crippen molar-refractivity contribution in [1.82, 2.24) is 9.55 Å². The third-order valence-corrected chi connectivity index (χ3v) is 4.44. The second-order valence-corrected chi connectivity index (χ2v) is 6.75. The molecule has 1 aliphatic heterocycles. The Hall–Kier alpha value is -0.803. The molecule has 4 atom stereocenters. The quantitative estimate of drug-likeness (QED) is 0.342. The van der Waals surface area contributed by atoms with E-state index in [1.165, 1.54) is 12.3 Å². The van der Waals surface area contributed by atoms with Crippen molar-refractivity contribution in [2.75, 3.05) is 12.3 Å². The van der Waals surface area contributed by atoms with Crippen LogP contribution in [0.5, 0.6) is 0 Å². The average molecular weight is 441 g/mol. The number of aliphatic hydroxyl groups is 3. The number of anilines is 1. The van der Waals surface area contributed by atoms with Gasteiger partial charge in [-0.3, -0.25) is 4.57 Å². The second kappa shape index (κ2) is 9.36. The fraction of sp³-hybridized carbons (Fsp3) is 0.556. The van der Waals surface area contributed by atoms with E-state index in [1.54, 1.807) is 0 Å². The second-order valence-electron chi connectivity index (χ2n) is 4.00. The summed E-state index contributed by atoms with van der Waals surface area (Å²) in [4.78, 5) is 15.0. The van der Waals surface area contributed by atoms with Crippen molar-refractivity contribution in [3.8, 4) is 0 Å². The van der Waals surface area contributed by atoms with Crippen molar-refractivity contribution in [2.45, 2.75) is 24.5 Å². The molecule has 0 spiro atoms. The Balaban J connectivity index is 0.000000422. The zero-order valence-corrected chi connectivity index (χ0v) is 14.7. The number of hydrogen-bond acceptors (Lipinski definition) is 10. The van der Waals surface area contributed by atoms with Gasteiger partial charge in [0, 0.05) is 6.20 Å². The first-order valence-electron chi connectivity index (χ1n) is 5.74. The number of aromatic nitrogens is 2. The molecule has 0 aliphatic carbocycles. The Kier molecular flexibility index (Phi) is 8.19. The van der Waals surface area contributed by atoms with Crippen LogP contribution in [-0.4, -0.2) is 81.9 Å². The molecule has 1 fully saturated rings. The molecule has 0 radical (unpaired) electrons. The van der Waals surface area contributed by atoms with Gasteiger partial charge in [-0.15, -0.1) is 0 Å². The first kappa shape index (κ1) is 19.2. The van der Waals surface area contributed by atoms with Gasteiger partial charge in [-0.1, -0.05) is 0 Å². The third-order valence-electron chi connectivity index (χ3n) is 2.71. The van der Waals surface area contributed by atoms with E-state index in [4.69, 9.17) is 15.6 Å². The Morgan fingerprint density at radius 1 is 1.36 bits per heavy atom. The fourth-order valence-corrected chi connectivity index (χ4v) is 2.10. The standard InChI is InChI=1S/C9H13N3O5.As2O3/c10-5-1-2-12(9(16)11-5)8-7(15)6(14)4(3-13)17-8;3-1-5-2-4/h1-2,4,6-8,13-15H,3H2,(H2,10,11,16);/t4-,6-,7+,8-;/m1./s1. The van der Waals surface area contributed by atoms with E-state index in [-0.39, 0.29) is 5.82 Å². The van der Waals surface area contributed by atoms with E-state index in [1.807, 2.05) is 0 Å². The molecule has 2 heterocycles. The van der Waals surface area contributed by atoms with Gasteiger partial charge in [-0.05, 0) is 6.07 Å². The predicted octanol–water partition coefficient (Wildman–Crippen LogP) is -3.63. The van der Waals surface area contributed by atoms with Gasteiger partial charge in [0.25, 0.3) is 0 Å². The van der Waals surface area contributed by atoms with E-state index in [0.717, 1.165) is 4.57 Å². The van der Waals surface area contributed by atoms with Gasteiger partial charge >= 0.3 is 47.9 Å². The van der Waals surface area contributed by atoms with Crippen molar-refractivity contribution in [2.24, 2.45) is 0 Å². The Morgan fingerprint density at radius 3 is 2.41 bits per heavy atom. The number of hydrogen-bond donors (Lipinski definition) is 4. The van der Waals surface area contributed by atoms with Gasteiger partial charge in [0.1, 0.15) is 24.1 Å². The number of ether oxygens (including phenoxy) is 1. The van der Waals surface area contributed by atoms with Gasteiger partial charge in [-0.2, -0.15) is 4.98 Å². The topological polar surface area (TPSA) is 174 Å². The van der Waals surface area contributed by atoms with Crippen LogP contribution in [0.3, 0.4) is 0 Å². The maximum absolute atomic E-state index is 11.5. The average Bonchev–Trinajstić information content (AvgIpc) is 2.77. The molecule has 0 bridgehead atoms. The zero-order chi connectivity index (χ0) is 16.7. The molecule has 0 amide bonds. The van der Waals surface area contributed by atoms with Crippen LogP contribution < -0.4 is 11.4 Å². The zero-order valence-electron chi connectivity index (χ0n) is 10.9. The molecule has 2 rings (SSSR count). The Labute approximate surface area is 137 Å².